The summed E-state index contributed by atoms with van der Waals surface area (Å²) in [6.07, 6.45) is 1.32. The van der Waals surface area contributed by atoms with Crippen molar-refractivity contribution in [2.45, 2.75) is 39.7 Å². The normalized spacial score (nSPS) is 45.2. The number of nitrogens with one attached hydrogen (secondary N) is 2. The Hall–Kier alpha value is -0.0800. The Labute approximate surface area is 81.5 Å². The summed E-state index contributed by atoms with van der Waals surface area (Å²) in [5, 5.41) is 7.30. The fraction of sp³-hybridized carbons (Fsp3) is 1.00. The van der Waals surface area contributed by atoms with E-state index in [-0.39, 0.29) is 0 Å². The molecule has 2 rings (SSSR count). The van der Waals surface area contributed by atoms with Crippen molar-refractivity contribution < 1.29 is 0 Å². The lowest BCUT2D eigenvalue weighted by atomic mass is 9.61. The summed E-state index contributed by atoms with van der Waals surface area (Å²) in [5.74, 6) is 0. The summed E-state index contributed by atoms with van der Waals surface area (Å²) in [6, 6.07) is 0. The van der Waals surface area contributed by atoms with E-state index >= 15 is 0 Å². The highest BCUT2D eigenvalue weighted by atomic mass is 15.2. The maximum atomic E-state index is 3.75. The number of fused-ring (bicyclic) bond motifs is 1. The lowest BCUT2D eigenvalue weighted by Gasteiger charge is -2.47. The van der Waals surface area contributed by atoms with Crippen molar-refractivity contribution in [2.24, 2.45) is 10.8 Å². The molecule has 2 atom stereocenters. The molecule has 0 spiro atoms. The number of hydrogen-bond donors (Lipinski definition) is 2. The van der Waals surface area contributed by atoms with Crippen molar-refractivity contribution >= 4 is 0 Å². The molecule has 2 fully saturated rings. The molecule has 2 aliphatic rings. The molecule has 2 saturated heterocycles. The Morgan fingerprint density at radius 3 is 2.38 bits per heavy atom. The van der Waals surface area contributed by atoms with Crippen LogP contribution in [0.4, 0.5) is 0 Å². The highest BCUT2D eigenvalue weighted by Crippen LogP contribution is 2.51. The lowest BCUT2D eigenvalue weighted by Crippen LogP contribution is -2.59. The summed E-state index contributed by atoms with van der Waals surface area (Å²) in [5.41, 5.74) is 1.13. The van der Waals surface area contributed by atoms with E-state index in [4.69, 9.17) is 0 Å². The molecule has 0 saturated carbocycles. The zero-order valence-electron chi connectivity index (χ0n) is 9.33. The minimum absolute atomic E-state index is 0.319. The largest absolute Gasteiger partial charge is 0.314 e. The first-order valence-electron chi connectivity index (χ1n) is 5.37. The lowest BCUT2D eigenvalue weighted by molar-refractivity contribution is 0.0880. The van der Waals surface area contributed by atoms with Crippen LogP contribution in [0.1, 0.15) is 34.1 Å². The van der Waals surface area contributed by atoms with Crippen LogP contribution in [0, 0.1) is 10.8 Å². The first-order chi connectivity index (χ1) is 5.91. The molecule has 0 aromatic rings. The van der Waals surface area contributed by atoms with E-state index in [1.165, 1.54) is 19.5 Å². The van der Waals surface area contributed by atoms with Gasteiger partial charge in [0, 0.05) is 24.0 Å². The molecule has 2 N–H and O–H groups in total. The molecular weight excluding hydrogens is 160 g/mol. The maximum absolute atomic E-state index is 3.75. The molecule has 0 bridgehead atoms. The van der Waals surface area contributed by atoms with E-state index in [9.17, 15) is 0 Å². The van der Waals surface area contributed by atoms with Crippen LogP contribution >= 0.6 is 0 Å². The average Bonchev–Trinajstić information content (AvgIpc) is 2.39. The average molecular weight is 182 g/mol. The molecular formula is C11H22N2. The summed E-state index contributed by atoms with van der Waals surface area (Å²) in [7, 11) is 0. The second-order valence-corrected chi connectivity index (χ2v) is 6.00. The van der Waals surface area contributed by atoms with Gasteiger partial charge in [0.15, 0.2) is 0 Å². The third-order valence-corrected chi connectivity index (χ3v) is 4.32. The molecule has 13 heavy (non-hydrogen) atoms. The van der Waals surface area contributed by atoms with Gasteiger partial charge in [0.25, 0.3) is 0 Å². The standard InChI is InChI=1S/C11H22N2/c1-9(2,3)11-8-12-7-10(11,4)5-6-13-11/h12-13H,5-8H2,1-4H3. The third-order valence-electron chi connectivity index (χ3n) is 4.32. The van der Waals surface area contributed by atoms with Crippen LogP contribution in [0.2, 0.25) is 0 Å². The monoisotopic (exact) mass is 182 g/mol. The van der Waals surface area contributed by atoms with Gasteiger partial charge in [0.05, 0.1) is 0 Å². The van der Waals surface area contributed by atoms with E-state index in [0.29, 0.717) is 16.4 Å². The Bertz CT molecular complexity index is 205. The second-order valence-electron chi connectivity index (χ2n) is 6.00. The van der Waals surface area contributed by atoms with Gasteiger partial charge in [-0.3, -0.25) is 0 Å². The van der Waals surface area contributed by atoms with Crippen LogP contribution in [0.15, 0.2) is 0 Å². The SMILES string of the molecule is CC(C)(C)C12CNCC1(C)CCN2. The molecule has 0 radical (unpaired) electrons. The number of rotatable bonds is 0. The molecule has 0 aliphatic carbocycles. The highest BCUT2D eigenvalue weighted by molar-refractivity contribution is 5.18. The van der Waals surface area contributed by atoms with Crippen LogP contribution in [-0.2, 0) is 0 Å². The maximum Gasteiger partial charge on any atom is 0.0422 e. The van der Waals surface area contributed by atoms with E-state index < -0.39 is 0 Å². The Morgan fingerprint density at radius 2 is 1.85 bits per heavy atom. The Morgan fingerprint density at radius 1 is 1.15 bits per heavy atom. The molecule has 2 heterocycles. The van der Waals surface area contributed by atoms with Crippen molar-refractivity contribution in [3.05, 3.63) is 0 Å². The first kappa shape index (κ1) is 9.47. The summed E-state index contributed by atoms with van der Waals surface area (Å²) >= 11 is 0. The van der Waals surface area contributed by atoms with Gasteiger partial charge >= 0.3 is 0 Å². The van der Waals surface area contributed by atoms with Gasteiger partial charge in [-0.15, -0.1) is 0 Å². The molecule has 0 amide bonds. The summed E-state index contributed by atoms with van der Waals surface area (Å²) in [6.45, 7) is 13.0. The first-order valence-corrected chi connectivity index (χ1v) is 5.37. The van der Waals surface area contributed by atoms with Crippen molar-refractivity contribution in [1.29, 1.82) is 0 Å². The minimum atomic E-state index is 0.319. The fourth-order valence-corrected chi connectivity index (χ4v) is 3.46. The van der Waals surface area contributed by atoms with E-state index in [1.54, 1.807) is 0 Å². The van der Waals surface area contributed by atoms with Crippen LogP contribution in [0.3, 0.4) is 0 Å². The van der Waals surface area contributed by atoms with E-state index in [2.05, 4.69) is 38.3 Å². The highest BCUT2D eigenvalue weighted by Gasteiger charge is 2.60. The zero-order valence-corrected chi connectivity index (χ0v) is 9.33. The van der Waals surface area contributed by atoms with Crippen molar-refractivity contribution in [3.8, 4) is 0 Å². The quantitative estimate of drug-likeness (QED) is 0.591. The van der Waals surface area contributed by atoms with Gasteiger partial charge in [-0.1, -0.05) is 27.7 Å². The topological polar surface area (TPSA) is 24.1 Å². The zero-order chi connectivity index (χ0) is 9.74. The van der Waals surface area contributed by atoms with Gasteiger partial charge in [0.1, 0.15) is 0 Å². The summed E-state index contributed by atoms with van der Waals surface area (Å²) in [4.78, 5) is 0. The van der Waals surface area contributed by atoms with Crippen LogP contribution in [-0.4, -0.2) is 25.2 Å². The van der Waals surface area contributed by atoms with Gasteiger partial charge in [-0.05, 0) is 18.4 Å². The molecule has 2 nitrogen and oxygen atoms in total. The minimum Gasteiger partial charge on any atom is -0.314 e. The van der Waals surface area contributed by atoms with Crippen molar-refractivity contribution in [1.82, 2.24) is 10.6 Å². The molecule has 0 aromatic carbocycles. The van der Waals surface area contributed by atoms with E-state index in [0.717, 1.165) is 6.54 Å². The van der Waals surface area contributed by atoms with E-state index in [1.807, 2.05) is 0 Å². The predicted molar refractivity (Wildman–Crippen MR) is 55.8 cm³/mol. The smallest absolute Gasteiger partial charge is 0.0422 e. The van der Waals surface area contributed by atoms with Crippen LogP contribution < -0.4 is 10.6 Å². The fourth-order valence-electron chi connectivity index (χ4n) is 3.46. The van der Waals surface area contributed by atoms with Crippen molar-refractivity contribution in [3.63, 3.8) is 0 Å². The van der Waals surface area contributed by atoms with Gasteiger partial charge in [-0.25, -0.2) is 0 Å². The second kappa shape index (κ2) is 2.48. The Balaban J connectivity index is 2.39. The molecule has 2 heteroatoms. The van der Waals surface area contributed by atoms with Gasteiger partial charge < -0.3 is 10.6 Å². The van der Waals surface area contributed by atoms with Gasteiger partial charge in [0.2, 0.25) is 0 Å². The van der Waals surface area contributed by atoms with Gasteiger partial charge in [-0.2, -0.15) is 0 Å². The van der Waals surface area contributed by atoms with Crippen molar-refractivity contribution in [2.75, 3.05) is 19.6 Å². The third kappa shape index (κ3) is 1.02. The number of hydrogen-bond acceptors (Lipinski definition) is 2. The molecule has 2 aliphatic heterocycles. The molecule has 0 aromatic heterocycles. The van der Waals surface area contributed by atoms with Crippen LogP contribution in [0.25, 0.3) is 0 Å². The van der Waals surface area contributed by atoms with Crippen LogP contribution in [0.5, 0.6) is 0 Å². The molecule has 2 unspecified atom stereocenters. The Kier molecular flexibility index (Phi) is 1.81. The predicted octanol–water partition coefficient (Wildman–Crippen LogP) is 1.37. The molecule has 76 valence electrons. The summed E-state index contributed by atoms with van der Waals surface area (Å²) < 4.78 is 0.